The number of nitrogens with one attached hydrogen (secondary N) is 2. The Morgan fingerprint density at radius 2 is 2.29 bits per heavy atom. The molecule has 1 aromatic rings. The molecular formula is C12H20N4O. The summed E-state index contributed by atoms with van der Waals surface area (Å²) in [4.78, 5) is 17.9. The van der Waals surface area contributed by atoms with E-state index in [2.05, 4.69) is 34.3 Å². The van der Waals surface area contributed by atoms with Crippen LogP contribution in [0.5, 0.6) is 0 Å². The number of aromatic nitrogens is 2. The predicted molar refractivity (Wildman–Crippen MR) is 70.4 cm³/mol. The van der Waals surface area contributed by atoms with Crippen molar-refractivity contribution < 1.29 is 0 Å². The SMILES string of the molecule is C/C(CCC(C)C)=N/Nc1nc(C)cc(=O)[nH]1. The third kappa shape index (κ3) is 5.29. The number of aryl methyl sites for hydroxylation is 1. The first-order valence-electron chi connectivity index (χ1n) is 5.84. The molecule has 0 aliphatic carbocycles. The van der Waals surface area contributed by atoms with E-state index in [4.69, 9.17) is 0 Å². The molecule has 0 amide bonds. The highest BCUT2D eigenvalue weighted by Crippen LogP contribution is 2.05. The lowest BCUT2D eigenvalue weighted by atomic mass is 10.1. The van der Waals surface area contributed by atoms with Crippen molar-refractivity contribution in [1.82, 2.24) is 9.97 Å². The Morgan fingerprint density at radius 1 is 1.59 bits per heavy atom. The number of hydrogen-bond acceptors (Lipinski definition) is 4. The first kappa shape index (κ1) is 13.4. The summed E-state index contributed by atoms with van der Waals surface area (Å²) >= 11 is 0. The second kappa shape index (κ2) is 6.18. The maximum absolute atomic E-state index is 11.2. The Balaban J connectivity index is 2.59. The number of nitrogens with zero attached hydrogens (tertiary/aromatic N) is 2. The Bertz CT molecular complexity index is 448. The fourth-order valence-electron chi connectivity index (χ4n) is 1.33. The first-order valence-corrected chi connectivity index (χ1v) is 5.84. The van der Waals surface area contributed by atoms with Gasteiger partial charge in [-0.05, 0) is 32.6 Å². The monoisotopic (exact) mass is 236 g/mol. The van der Waals surface area contributed by atoms with Crippen LogP contribution >= 0.6 is 0 Å². The van der Waals surface area contributed by atoms with Gasteiger partial charge in [0.15, 0.2) is 0 Å². The van der Waals surface area contributed by atoms with Crippen molar-refractivity contribution >= 4 is 11.7 Å². The van der Waals surface area contributed by atoms with Gasteiger partial charge in [0.25, 0.3) is 5.56 Å². The van der Waals surface area contributed by atoms with Gasteiger partial charge >= 0.3 is 0 Å². The molecule has 0 fully saturated rings. The van der Waals surface area contributed by atoms with E-state index in [1.54, 1.807) is 6.92 Å². The van der Waals surface area contributed by atoms with Crippen molar-refractivity contribution in [3.8, 4) is 0 Å². The maximum atomic E-state index is 11.2. The zero-order chi connectivity index (χ0) is 12.8. The van der Waals surface area contributed by atoms with Crippen molar-refractivity contribution in [3.63, 3.8) is 0 Å². The van der Waals surface area contributed by atoms with Crippen LogP contribution in [0.3, 0.4) is 0 Å². The van der Waals surface area contributed by atoms with Gasteiger partial charge in [-0.1, -0.05) is 13.8 Å². The normalized spacial score (nSPS) is 11.9. The van der Waals surface area contributed by atoms with Crippen LogP contribution in [0.2, 0.25) is 0 Å². The van der Waals surface area contributed by atoms with Crippen molar-refractivity contribution in [2.24, 2.45) is 11.0 Å². The van der Waals surface area contributed by atoms with Crippen molar-refractivity contribution in [3.05, 3.63) is 22.1 Å². The van der Waals surface area contributed by atoms with Crippen LogP contribution in [0, 0.1) is 12.8 Å². The molecule has 94 valence electrons. The minimum Gasteiger partial charge on any atom is -0.291 e. The molecule has 0 bridgehead atoms. The highest BCUT2D eigenvalue weighted by atomic mass is 16.1. The average molecular weight is 236 g/mol. The summed E-state index contributed by atoms with van der Waals surface area (Å²) in [7, 11) is 0. The minimum atomic E-state index is -0.171. The standard InChI is InChI=1S/C12H20N4O/c1-8(2)5-6-9(3)15-16-12-13-10(4)7-11(17)14-12/h7-8H,5-6H2,1-4H3,(H2,13,14,16,17)/b15-9-. The molecule has 0 radical (unpaired) electrons. The lowest BCUT2D eigenvalue weighted by molar-refractivity contribution is 0.602. The van der Waals surface area contributed by atoms with Crippen LogP contribution in [0.15, 0.2) is 16.0 Å². The Hall–Kier alpha value is -1.65. The molecule has 0 aliphatic rings. The highest BCUT2D eigenvalue weighted by Gasteiger charge is 1.98. The number of hydrogen-bond donors (Lipinski definition) is 2. The van der Waals surface area contributed by atoms with Gasteiger partial charge in [0.1, 0.15) is 0 Å². The fourth-order valence-corrected chi connectivity index (χ4v) is 1.33. The minimum absolute atomic E-state index is 0.171. The van der Waals surface area contributed by atoms with Crippen molar-refractivity contribution in [1.29, 1.82) is 0 Å². The third-order valence-corrected chi connectivity index (χ3v) is 2.31. The zero-order valence-electron chi connectivity index (χ0n) is 10.9. The van der Waals surface area contributed by atoms with Crippen LogP contribution in [0.25, 0.3) is 0 Å². The van der Waals surface area contributed by atoms with E-state index in [1.807, 2.05) is 6.92 Å². The van der Waals surface area contributed by atoms with Crippen LogP contribution in [0.1, 0.15) is 39.3 Å². The maximum Gasteiger partial charge on any atom is 0.252 e. The number of anilines is 1. The molecule has 0 spiro atoms. The second-order valence-electron chi connectivity index (χ2n) is 4.63. The number of H-pyrrole nitrogens is 1. The molecule has 0 saturated heterocycles. The lowest BCUT2D eigenvalue weighted by Crippen LogP contribution is -2.11. The van der Waals surface area contributed by atoms with Gasteiger partial charge in [-0.15, -0.1) is 0 Å². The second-order valence-corrected chi connectivity index (χ2v) is 4.63. The lowest BCUT2D eigenvalue weighted by Gasteiger charge is -2.05. The molecule has 5 heteroatoms. The molecule has 0 saturated carbocycles. The summed E-state index contributed by atoms with van der Waals surface area (Å²) in [6, 6.07) is 1.44. The molecule has 17 heavy (non-hydrogen) atoms. The molecule has 1 heterocycles. The molecule has 0 aromatic carbocycles. The van der Waals surface area contributed by atoms with Crippen molar-refractivity contribution in [2.75, 3.05) is 5.43 Å². The van der Waals surface area contributed by atoms with Gasteiger partial charge < -0.3 is 0 Å². The number of aromatic amines is 1. The van der Waals surface area contributed by atoms with Crippen LogP contribution in [0.4, 0.5) is 5.95 Å². The molecule has 1 aromatic heterocycles. The van der Waals surface area contributed by atoms with Crippen LogP contribution in [-0.2, 0) is 0 Å². The van der Waals surface area contributed by atoms with Gasteiger partial charge in [0.2, 0.25) is 5.95 Å². The van der Waals surface area contributed by atoms with Gasteiger partial charge in [-0.25, -0.2) is 10.4 Å². The predicted octanol–water partition coefficient (Wildman–Crippen LogP) is 2.30. The highest BCUT2D eigenvalue weighted by molar-refractivity contribution is 5.82. The van der Waals surface area contributed by atoms with E-state index in [9.17, 15) is 4.79 Å². The molecule has 1 rings (SSSR count). The Morgan fingerprint density at radius 3 is 2.88 bits per heavy atom. The van der Waals surface area contributed by atoms with Crippen molar-refractivity contribution in [2.45, 2.75) is 40.5 Å². The van der Waals surface area contributed by atoms with E-state index < -0.39 is 0 Å². The molecule has 0 unspecified atom stereocenters. The largest absolute Gasteiger partial charge is 0.291 e. The molecular weight excluding hydrogens is 216 g/mol. The molecule has 5 nitrogen and oxygen atoms in total. The summed E-state index contributed by atoms with van der Waals surface area (Å²) in [5, 5.41) is 4.18. The number of hydrazone groups is 1. The van der Waals surface area contributed by atoms with E-state index in [1.165, 1.54) is 6.07 Å². The van der Waals surface area contributed by atoms with Gasteiger partial charge in [0, 0.05) is 17.5 Å². The van der Waals surface area contributed by atoms with E-state index in [0.29, 0.717) is 17.6 Å². The topological polar surface area (TPSA) is 70.1 Å². The fraction of sp³-hybridized carbons (Fsp3) is 0.583. The first-order chi connectivity index (χ1) is 7.97. The zero-order valence-corrected chi connectivity index (χ0v) is 10.9. The van der Waals surface area contributed by atoms with Gasteiger partial charge in [-0.3, -0.25) is 9.78 Å². The Labute approximate surface area is 101 Å². The summed E-state index contributed by atoms with van der Waals surface area (Å²) in [6.07, 6.45) is 2.05. The molecule has 0 atom stereocenters. The average Bonchev–Trinajstić information content (AvgIpc) is 2.22. The third-order valence-electron chi connectivity index (χ3n) is 2.31. The summed E-state index contributed by atoms with van der Waals surface area (Å²) < 4.78 is 0. The van der Waals surface area contributed by atoms with Crippen LogP contribution < -0.4 is 11.0 Å². The van der Waals surface area contributed by atoms with Crippen LogP contribution in [-0.4, -0.2) is 15.7 Å². The van der Waals surface area contributed by atoms with E-state index in [-0.39, 0.29) is 5.56 Å². The molecule has 0 aliphatic heterocycles. The smallest absolute Gasteiger partial charge is 0.252 e. The summed E-state index contributed by atoms with van der Waals surface area (Å²) in [5.74, 6) is 1.05. The van der Waals surface area contributed by atoms with E-state index in [0.717, 1.165) is 18.6 Å². The van der Waals surface area contributed by atoms with Gasteiger partial charge in [-0.2, -0.15) is 5.10 Å². The summed E-state index contributed by atoms with van der Waals surface area (Å²) in [6.45, 7) is 8.10. The quantitative estimate of drug-likeness (QED) is 0.608. The Kier molecular flexibility index (Phi) is 4.87. The van der Waals surface area contributed by atoms with E-state index >= 15 is 0 Å². The molecule has 2 N–H and O–H groups in total. The van der Waals surface area contributed by atoms with Gasteiger partial charge in [0.05, 0.1) is 0 Å². The summed E-state index contributed by atoms with van der Waals surface area (Å²) in [5.41, 5.74) is 4.27. The number of rotatable bonds is 5.